The average Bonchev–Trinajstić information content (AvgIpc) is 3.34. The minimum Gasteiger partial charge on any atom is -0.378 e. The zero-order chi connectivity index (χ0) is 25.0. The van der Waals surface area contributed by atoms with Crippen LogP contribution in [0.15, 0.2) is 36.7 Å². The lowest BCUT2D eigenvalue weighted by molar-refractivity contribution is 0.102. The molecule has 10 heteroatoms. The molecule has 0 unspecified atom stereocenters. The van der Waals surface area contributed by atoms with Gasteiger partial charge in [0, 0.05) is 30.4 Å². The van der Waals surface area contributed by atoms with Gasteiger partial charge in [-0.25, -0.2) is 9.50 Å². The molecule has 0 bridgehead atoms. The zero-order valence-corrected chi connectivity index (χ0v) is 20.6. The van der Waals surface area contributed by atoms with Crippen LogP contribution >= 0.6 is 0 Å². The first-order valence-electron chi connectivity index (χ1n) is 12.2. The summed E-state index contributed by atoms with van der Waals surface area (Å²) in [6, 6.07) is 7.59. The number of aromatic nitrogens is 5. The molecule has 2 aliphatic rings. The molecule has 186 valence electrons. The van der Waals surface area contributed by atoms with Gasteiger partial charge in [0.05, 0.1) is 30.6 Å². The number of morpholine rings is 1. The quantitative estimate of drug-likeness (QED) is 0.457. The highest BCUT2D eigenvalue weighted by atomic mass is 19.1. The molecule has 1 N–H and O–H groups in total. The van der Waals surface area contributed by atoms with Crippen LogP contribution in [0.3, 0.4) is 0 Å². The van der Waals surface area contributed by atoms with Gasteiger partial charge < -0.3 is 15.0 Å². The lowest BCUT2D eigenvalue weighted by Gasteiger charge is -2.29. The standard InChI is InChI=1S/C26H28FN7O2/c1-16-4-5-18(25(35)29-21-15-34(31-23(21)27)26(3)6-7-26)12-20(16)19-13-22(32-8-10-36-11-9-32)24-28-17(2)30-33(24)14-19/h4-5,12-15H,6-11H2,1-3H3,(H,29,35). The number of pyridine rings is 1. The van der Waals surface area contributed by atoms with Crippen molar-refractivity contribution in [3.63, 3.8) is 0 Å². The summed E-state index contributed by atoms with van der Waals surface area (Å²) >= 11 is 0. The molecule has 1 aliphatic heterocycles. The maximum absolute atomic E-state index is 14.4. The number of anilines is 2. The lowest BCUT2D eigenvalue weighted by Crippen LogP contribution is -2.36. The molecule has 36 heavy (non-hydrogen) atoms. The van der Waals surface area contributed by atoms with Crippen LogP contribution in [-0.4, -0.2) is 56.6 Å². The summed E-state index contributed by atoms with van der Waals surface area (Å²) < 4.78 is 23.4. The van der Waals surface area contributed by atoms with Crippen molar-refractivity contribution >= 4 is 22.9 Å². The summed E-state index contributed by atoms with van der Waals surface area (Å²) in [5.41, 5.74) is 4.96. The van der Waals surface area contributed by atoms with E-state index in [1.165, 1.54) is 0 Å². The van der Waals surface area contributed by atoms with Gasteiger partial charge in [0.1, 0.15) is 11.5 Å². The molecular weight excluding hydrogens is 461 g/mol. The van der Waals surface area contributed by atoms with Gasteiger partial charge in [0.25, 0.3) is 11.9 Å². The van der Waals surface area contributed by atoms with E-state index in [1.807, 2.05) is 39.1 Å². The second kappa shape index (κ2) is 8.41. The fourth-order valence-corrected chi connectivity index (χ4v) is 4.65. The van der Waals surface area contributed by atoms with E-state index in [2.05, 4.69) is 31.5 Å². The molecule has 1 saturated carbocycles. The molecule has 4 heterocycles. The highest BCUT2D eigenvalue weighted by Crippen LogP contribution is 2.43. The van der Waals surface area contributed by atoms with Gasteiger partial charge >= 0.3 is 0 Å². The number of hydrogen-bond acceptors (Lipinski definition) is 6. The van der Waals surface area contributed by atoms with Gasteiger partial charge in [-0.15, -0.1) is 5.10 Å². The normalized spacial score (nSPS) is 16.9. The molecule has 4 aromatic rings. The van der Waals surface area contributed by atoms with Crippen LogP contribution in [0.1, 0.15) is 41.5 Å². The molecule has 3 aromatic heterocycles. The van der Waals surface area contributed by atoms with Crippen LogP contribution in [0.4, 0.5) is 15.8 Å². The van der Waals surface area contributed by atoms with Gasteiger partial charge in [0.2, 0.25) is 0 Å². The van der Waals surface area contributed by atoms with Crippen molar-refractivity contribution in [2.75, 3.05) is 36.5 Å². The van der Waals surface area contributed by atoms with Crippen LogP contribution < -0.4 is 10.2 Å². The van der Waals surface area contributed by atoms with Crippen molar-refractivity contribution in [2.45, 2.75) is 39.2 Å². The van der Waals surface area contributed by atoms with Crippen molar-refractivity contribution in [3.05, 3.63) is 59.6 Å². The van der Waals surface area contributed by atoms with Crippen LogP contribution in [0.5, 0.6) is 0 Å². The van der Waals surface area contributed by atoms with E-state index in [1.54, 1.807) is 21.5 Å². The Morgan fingerprint density at radius 1 is 1.11 bits per heavy atom. The number of nitrogens with zero attached hydrogens (tertiary/aromatic N) is 6. The maximum Gasteiger partial charge on any atom is 0.256 e. The number of nitrogens with one attached hydrogen (secondary N) is 1. The minimum atomic E-state index is -0.675. The molecule has 0 atom stereocenters. The Morgan fingerprint density at radius 3 is 2.64 bits per heavy atom. The van der Waals surface area contributed by atoms with Crippen LogP contribution in [0.25, 0.3) is 16.8 Å². The second-order valence-corrected chi connectivity index (χ2v) is 9.90. The van der Waals surface area contributed by atoms with E-state index in [4.69, 9.17) is 4.74 Å². The SMILES string of the molecule is Cc1nc2c(N3CCOCC3)cc(-c3cc(C(=O)Nc4cn(C5(C)CC5)nc4F)ccc3C)cn2n1. The molecule has 0 radical (unpaired) electrons. The Labute approximate surface area is 207 Å². The largest absolute Gasteiger partial charge is 0.378 e. The van der Waals surface area contributed by atoms with Crippen molar-refractivity contribution in [2.24, 2.45) is 0 Å². The van der Waals surface area contributed by atoms with E-state index in [0.717, 1.165) is 54.0 Å². The first kappa shape index (κ1) is 22.7. The minimum absolute atomic E-state index is 0.0874. The van der Waals surface area contributed by atoms with Gasteiger partial charge in [-0.1, -0.05) is 6.07 Å². The van der Waals surface area contributed by atoms with E-state index >= 15 is 0 Å². The summed E-state index contributed by atoms with van der Waals surface area (Å²) in [6.07, 6.45) is 5.41. The molecule has 6 rings (SSSR count). The molecule has 1 saturated heterocycles. The Hall–Kier alpha value is -3.79. The van der Waals surface area contributed by atoms with Crippen molar-refractivity contribution < 1.29 is 13.9 Å². The van der Waals surface area contributed by atoms with E-state index in [0.29, 0.717) is 24.6 Å². The molecule has 0 spiro atoms. The zero-order valence-electron chi connectivity index (χ0n) is 20.6. The first-order valence-corrected chi connectivity index (χ1v) is 12.2. The summed E-state index contributed by atoms with van der Waals surface area (Å²) in [7, 11) is 0. The van der Waals surface area contributed by atoms with Gasteiger partial charge in [-0.3, -0.25) is 9.48 Å². The summed E-state index contributed by atoms with van der Waals surface area (Å²) in [5.74, 6) is -0.373. The monoisotopic (exact) mass is 489 g/mol. The number of hydrogen-bond donors (Lipinski definition) is 1. The number of carbonyl (C=O) groups is 1. The molecule has 9 nitrogen and oxygen atoms in total. The number of aryl methyl sites for hydroxylation is 2. The number of benzene rings is 1. The summed E-state index contributed by atoms with van der Waals surface area (Å²) in [5, 5.41) is 11.2. The Kier molecular flexibility index (Phi) is 5.29. The topological polar surface area (TPSA) is 89.6 Å². The molecule has 2 fully saturated rings. The number of carbonyl (C=O) groups excluding carboxylic acids is 1. The Bertz CT molecular complexity index is 1480. The third-order valence-corrected chi connectivity index (χ3v) is 7.13. The Balaban J connectivity index is 1.35. The third kappa shape index (κ3) is 4.01. The average molecular weight is 490 g/mol. The number of fused-ring (bicyclic) bond motifs is 1. The fourth-order valence-electron chi connectivity index (χ4n) is 4.65. The van der Waals surface area contributed by atoms with Crippen LogP contribution in [-0.2, 0) is 10.3 Å². The molecule has 1 amide bonds. The van der Waals surface area contributed by atoms with Crippen molar-refractivity contribution in [1.82, 2.24) is 24.4 Å². The Morgan fingerprint density at radius 2 is 1.89 bits per heavy atom. The predicted octanol–water partition coefficient (Wildman–Crippen LogP) is 3.95. The summed E-state index contributed by atoms with van der Waals surface area (Å²) in [4.78, 5) is 20.0. The molecule has 1 aliphatic carbocycles. The van der Waals surface area contributed by atoms with Gasteiger partial charge in [0.15, 0.2) is 5.65 Å². The van der Waals surface area contributed by atoms with Gasteiger partial charge in [-0.05, 0) is 62.9 Å². The van der Waals surface area contributed by atoms with E-state index < -0.39 is 5.95 Å². The highest BCUT2D eigenvalue weighted by Gasteiger charge is 2.41. The third-order valence-electron chi connectivity index (χ3n) is 7.13. The summed E-state index contributed by atoms with van der Waals surface area (Å²) in [6.45, 7) is 8.75. The van der Waals surface area contributed by atoms with Crippen molar-refractivity contribution in [1.29, 1.82) is 0 Å². The van der Waals surface area contributed by atoms with Crippen LogP contribution in [0.2, 0.25) is 0 Å². The molecule has 1 aromatic carbocycles. The van der Waals surface area contributed by atoms with Gasteiger partial charge in [-0.2, -0.15) is 9.49 Å². The highest BCUT2D eigenvalue weighted by molar-refractivity contribution is 6.05. The first-order chi connectivity index (χ1) is 17.3. The fraction of sp³-hybridized carbons (Fsp3) is 0.385. The number of ether oxygens (including phenoxy) is 1. The number of amides is 1. The molecular formula is C26H28FN7O2. The second-order valence-electron chi connectivity index (χ2n) is 9.90. The smallest absolute Gasteiger partial charge is 0.256 e. The van der Waals surface area contributed by atoms with E-state index in [-0.39, 0.29) is 17.1 Å². The predicted molar refractivity (Wildman–Crippen MR) is 134 cm³/mol. The maximum atomic E-state index is 14.4. The number of halogens is 1. The lowest BCUT2D eigenvalue weighted by atomic mass is 9.98. The number of rotatable bonds is 5. The van der Waals surface area contributed by atoms with Crippen LogP contribution in [0, 0.1) is 19.8 Å². The van der Waals surface area contributed by atoms with E-state index in [9.17, 15) is 9.18 Å². The van der Waals surface area contributed by atoms with Crippen molar-refractivity contribution in [3.8, 4) is 11.1 Å².